The summed E-state index contributed by atoms with van der Waals surface area (Å²) in [4.78, 5) is 67.4. The van der Waals surface area contributed by atoms with Crippen LogP contribution in [0.25, 0.3) is 17.1 Å². The molecule has 3 aromatic carbocycles. The van der Waals surface area contributed by atoms with Crippen LogP contribution in [0, 0.1) is 0 Å². The summed E-state index contributed by atoms with van der Waals surface area (Å²) in [5.41, 5.74) is -0.396. The van der Waals surface area contributed by atoms with Crippen LogP contribution < -0.4 is 30.6 Å². The molecule has 2 atom stereocenters. The third-order valence-electron chi connectivity index (χ3n) is 9.42. The minimum atomic E-state index is -1.10. The normalized spacial score (nSPS) is 15.8. The summed E-state index contributed by atoms with van der Waals surface area (Å²) in [5.74, 6) is -2.57. The molecule has 1 unspecified atom stereocenters. The lowest BCUT2D eigenvalue weighted by Gasteiger charge is -2.24. The van der Waals surface area contributed by atoms with Crippen LogP contribution in [0.5, 0.6) is 28.7 Å². The van der Waals surface area contributed by atoms with Gasteiger partial charge in [0.2, 0.25) is 11.7 Å². The van der Waals surface area contributed by atoms with Crippen LogP contribution in [0.1, 0.15) is 84.8 Å². The Morgan fingerprint density at radius 2 is 1.70 bits per heavy atom. The number of aromatic nitrogens is 2. The maximum atomic E-state index is 13.8. The first-order valence-electron chi connectivity index (χ1n) is 17.7. The largest absolute Gasteiger partial charge is 0.507 e. The number of rotatable bonds is 10. The molecule has 5 rings (SSSR count). The molecule has 0 radical (unpaired) electrons. The molecule has 0 fully saturated rings. The van der Waals surface area contributed by atoms with Crippen molar-refractivity contribution in [3.63, 3.8) is 0 Å². The van der Waals surface area contributed by atoms with E-state index >= 15 is 0 Å². The van der Waals surface area contributed by atoms with E-state index in [0.29, 0.717) is 55.1 Å². The topological polar surface area (TPSA) is 195 Å². The van der Waals surface area contributed by atoms with E-state index in [1.54, 1.807) is 55.5 Å². The predicted octanol–water partition coefficient (Wildman–Crippen LogP) is 4.95. The van der Waals surface area contributed by atoms with Crippen LogP contribution in [-0.2, 0) is 20.9 Å². The van der Waals surface area contributed by atoms with E-state index in [4.69, 9.17) is 18.9 Å². The third kappa shape index (κ3) is 8.76. The number of nitrogens with zero attached hydrogens (tertiary/aromatic N) is 1. The zero-order chi connectivity index (χ0) is 38.9. The minimum absolute atomic E-state index is 0.0241. The van der Waals surface area contributed by atoms with Crippen molar-refractivity contribution in [3.05, 3.63) is 91.5 Å². The van der Waals surface area contributed by atoms with Gasteiger partial charge in [-0.3, -0.25) is 19.2 Å². The lowest BCUT2D eigenvalue weighted by atomic mass is 9.84. The second-order valence-electron chi connectivity index (χ2n) is 13.1. The molecule has 14 heteroatoms. The Morgan fingerprint density at radius 3 is 2.41 bits per heavy atom. The molecule has 4 N–H and O–H groups in total. The Balaban J connectivity index is 1.56. The number of amides is 1. The molecule has 2 heterocycles. The van der Waals surface area contributed by atoms with E-state index in [-0.39, 0.29) is 59.2 Å². The fraction of sp³-hybridized carbons (Fsp3) is 0.375. The number of hydrogen-bond donors (Lipinski definition) is 4. The number of allylic oxidation sites excluding steroid dienone is 1. The van der Waals surface area contributed by atoms with Crippen molar-refractivity contribution in [1.82, 2.24) is 14.9 Å². The standard InChI is InChI=1S/C40H45N3O11/c1-23-11-10-14-26(44)13-7-5-6-12-24-19-30(45)35(36(47)34(24)40(50)54-23)27(25-20-31(51-2)37(53-4)32(21-25)52-3)22-33(46)41-17-18-43-29-16-9-8-15-28(29)42-38(48)39(43)49/h6,8-9,12,15-16,19-21,23,27,45,47H,5,7,10-11,13-14,17-18,22H2,1-4H3,(H,41,46)(H,42,48)/t23-,27?/m0/s1. The molecule has 1 aliphatic rings. The van der Waals surface area contributed by atoms with Crippen LogP contribution in [0.2, 0.25) is 0 Å². The smallest absolute Gasteiger partial charge is 0.342 e. The van der Waals surface area contributed by atoms with E-state index in [2.05, 4.69) is 10.3 Å². The number of carbonyl (C=O) groups is 3. The average molecular weight is 744 g/mol. The zero-order valence-electron chi connectivity index (χ0n) is 30.7. The Hall–Kier alpha value is -6.05. The maximum absolute atomic E-state index is 13.8. The van der Waals surface area contributed by atoms with Gasteiger partial charge in [0, 0.05) is 43.8 Å². The van der Waals surface area contributed by atoms with Gasteiger partial charge in [-0.1, -0.05) is 24.3 Å². The number of para-hydroxylation sites is 2. The lowest BCUT2D eigenvalue weighted by molar-refractivity contribution is -0.121. The number of fused-ring (bicyclic) bond motifs is 2. The molecular weight excluding hydrogens is 698 g/mol. The van der Waals surface area contributed by atoms with E-state index in [0.717, 1.165) is 0 Å². The van der Waals surface area contributed by atoms with Gasteiger partial charge < -0.3 is 44.0 Å². The van der Waals surface area contributed by atoms with Gasteiger partial charge in [0.25, 0.3) is 0 Å². The summed E-state index contributed by atoms with van der Waals surface area (Å²) in [5, 5.41) is 26.3. The fourth-order valence-electron chi connectivity index (χ4n) is 6.72. The van der Waals surface area contributed by atoms with Crippen molar-refractivity contribution in [3.8, 4) is 28.7 Å². The van der Waals surface area contributed by atoms with Crippen LogP contribution in [0.3, 0.4) is 0 Å². The fourth-order valence-corrected chi connectivity index (χ4v) is 6.72. The van der Waals surface area contributed by atoms with Gasteiger partial charge in [-0.25, -0.2) is 4.79 Å². The number of nitrogens with one attached hydrogen (secondary N) is 2. The SMILES string of the molecule is COc1cc(C(CC(=O)NCCn2c(=O)c(=O)[nH]c3ccccc32)c2c(O)cc3c(c2O)C(=O)O[C@@H](C)CCCC(=O)CCCC=C3)cc(OC)c1OC. The molecule has 286 valence electrons. The van der Waals surface area contributed by atoms with Crippen molar-refractivity contribution in [2.45, 2.75) is 70.4 Å². The van der Waals surface area contributed by atoms with Crippen molar-refractivity contribution < 1.29 is 43.5 Å². The number of Topliss-reactive ketones (excluding diaryl/α,β-unsaturated/α-hetero) is 1. The van der Waals surface area contributed by atoms with Crippen molar-refractivity contribution >= 4 is 34.8 Å². The molecule has 54 heavy (non-hydrogen) atoms. The highest BCUT2D eigenvalue weighted by atomic mass is 16.5. The average Bonchev–Trinajstić information content (AvgIpc) is 3.14. The second-order valence-corrected chi connectivity index (χ2v) is 13.1. The van der Waals surface area contributed by atoms with Gasteiger partial charge in [-0.15, -0.1) is 0 Å². The number of carbonyl (C=O) groups excluding carboxylic acids is 3. The number of phenols is 2. The highest BCUT2D eigenvalue weighted by Crippen LogP contribution is 2.47. The second kappa shape index (κ2) is 17.6. The number of aromatic amines is 1. The Bertz CT molecular complexity index is 2160. The first-order chi connectivity index (χ1) is 26.0. The number of ketones is 1. The quantitative estimate of drug-likeness (QED) is 0.127. The molecule has 0 saturated carbocycles. The highest BCUT2D eigenvalue weighted by molar-refractivity contribution is 5.98. The van der Waals surface area contributed by atoms with Crippen LogP contribution in [0.4, 0.5) is 0 Å². The summed E-state index contributed by atoms with van der Waals surface area (Å²) in [6, 6.07) is 11.3. The third-order valence-corrected chi connectivity index (χ3v) is 9.42. The molecule has 0 aliphatic carbocycles. The minimum Gasteiger partial charge on any atom is -0.507 e. The predicted molar refractivity (Wildman–Crippen MR) is 201 cm³/mol. The Labute approximate surface area is 311 Å². The van der Waals surface area contributed by atoms with Crippen LogP contribution >= 0.6 is 0 Å². The summed E-state index contributed by atoms with van der Waals surface area (Å²) in [7, 11) is 4.27. The lowest BCUT2D eigenvalue weighted by Crippen LogP contribution is -2.39. The van der Waals surface area contributed by atoms with Gasteiger partial charge in [-0.05, 0) is 74.1 Å². The Morgan fingerprint density at radius 1 is 1.00 bits per heavy atom. The molecule has 0 saturated heterocycles. The molecule has 1 aromatic heterocycles. The van der Waals surface area contributed by atoms with Crippen LogP contribution in [0.15, 0.2) is 58.1 Å². The van der Waals surface area contributed by atoms with Crippen molar-refractivity contribution in [1.29, 1.82) is 0 Å². The number of benzene rings is 3. The molecule has 1 aliphatic heterocycles. The van der Waals surface area contributed by atoms with Gasteiger partial charge in [0.05, 0.1) is 38.5 Å². The van der Waals surface area contributed by atoms with Crippen LogP contribution in [-0.4, -0.2) is 71.4 Å². The summed E-state index contributed by atoms with van der Waals surface area (Å²) in [6.45, 7) is 1.63. The number of cyclic esters (lactones) is 1. The molecule has 0 bridgehead atoms. The highest BCUT2D eigenvalue weighted by Gasteiger charge is 2.32. The number of aromatic hydroxyl groups is 2. The van der Waals surface area contributed by atoms with Gasteiger partial charge in [0.1, 0.15) is 22.8 Å². The van der Waals surface area contributed by atoms with Gasteiger partial charge in [0.15, 0.2) is 11.5 Å². The first-order valence-corrected chi connectivity index (χ1v) is 17.7. The maximum Gasteiger partial charge on any atom is 0.342 e. The van der Waals surface area contributed by atoms with E-state index in [1.807, 2.05) is 0 Å². The number of H-pyrrole nitrogens is 1. The number of hydrogen-bond acceptors (Lipinski definition) is 11. The van der Waals surface area contributed by atoms with Crippen molar-refractivity contribution in [2.24, 2.45) is 0 Å². The van der Waals surface area contributed by atoms with Gasteiger partial charge in [-0.2, -0.15) is 0 Å². The molecule has 0 spiro atoms. The van der Waals surface area contributed by atoms with Crippen molar-refractivity contribution in [2.75, 3.05) is 27.9 Å². The first kappa shape index (κ1) is 39.2. The van der Waals surface area contributed by atoms with E-state index in [9.17, 15) is 34.2 Å². The number of phenolic OH excluding ortho intramolecular Hbond substituents is 2. The zero-order valence-corrected chi connectivity index (χ0v) is 30.7. The molecular formula is C40H45N3O11. The number of esters is 1. The number of methoxy groups -OCH3 is 3. The Kier molecular flexibility index (Phi) is 12.8. The summed E-state index contributed by atoms with van der Waals surface area (Å²) >= 11 is 0. The molecule has 1 amide bonds. The molecule has 4 aromatic rings. The monoisotopic (exact) mass is 743 g/mol. The number of ether oxygens (including phenoxy) is 4. The van der Waals surface area contributed by atoms with Gasteiger partial charge >= 0.3 is 17.1 Å². The molecule has 14 nitrogen and oxygen atoms in total. The summed E-state index contributed by atoms with van der Waals surface area (Å²) < 4.78 is 23.6. The van der Waals surface area contributed by atoms with E-state index in [1.165, 1.54) is 32.0 Å². The van der Waals surface area contributed by atoms with E-state index < -0.39 is 46.5 Å². The summed E-state index contributed by atoms with van der Waals surface area (Å²) in [6.07, 6.45) is 5.28.